The van der Waals surface area contributed by atoms with Gasteiger partial charge in [0.15, 0.2) is 0 Å². The van der Waals surface area contributed by atoms with Crippen molar-refractivity contribution in [3.63, 3.8) is 0 Å². The normalized spacial score (nSPS) is 14.6. The molecular formula is C19H19FN4O2. The number of halogens is 1. The molecule has 4 rings (SSSR count). The quantitative estimate of drug-likeness (QED) is 0.772. The van der Waals surface area contributed by atoms with Crippen LogP contribution in [-0.2, 0) is 0 Å². The molecule has 0 radical (unpaired) electrons. The number of benzene rings is 1. The van der Waals surface area contributed by atoms with E-state index < -0.39 is 11.7 Å². The molecule has 0 bridgehead atoms. The van der Waals surface area contributed by atoms with Crippen LogP contribution in [0.15, 0.2) is 35.0 Å². The predicted molar refractivity (Wildman–Crippen MR) is 97.0 cm³/mol. The van der Waals surface area contributed by atoms with Gasteiger partial charge in [-0.3, -0.25) is 4.79 Å². The van der Waals surface area contributed by atoms with E-state index in [0.29, 0.717) is 28.2 Å². The molecular weight excluding hydrogens is 335 g/mol. The summed E-state index contributed by atoms with van der Waals surface area (Å²) < 4.78 is 19.6. The van der Waals surface area contributed by atoms with E-state index in [0.717, 1.165) is 25.9 Å². The van der Waals surface area contributed by atoms with Crippen LogP contribution in [0.2, 0.25) is 0 Å². The van der Waals surface area contributed by atoms with Crippen LogP contribution in [0, 0.1) is 12.7 Å². The summed E-state index contributed by atoms with van der Waals surface area (Å²) >= 11 is 0. The minimum Gasteiger partial charge on any atom is -0.442 e. The number of aryl methyl sites for hydroxylation is 1. The Balaban J connectivity index is 1.78. The molecule has 6 nitrogen and oxygen atoms in total. The molecule has 2 aromatic heterocycles. The number of rotatable bonds is 3. The molecule has 0 saturated carbocycles. The summed E-state index contributed by atoms with van der Waals surface area (Å²) in [5.41, 5.74) is 0.851. The monoisotopic (exact) mass is 354 g/mol. The molecule has 134 valence electrons. The van der Waals surface area contributed by atoms with E-state index in [4.69, 9.17) is 4.42 Å². The second-order valence-electron chi connectivity index (χ2n) is 6.39. The summed E-state index contributed by atoms with van der Waals surface area (Å²) in [6.07, 6.45) is 4.81. The van der Waals surface area contributed by atoms with Gasteiger partial charge in [-0.2, -0.15) is 0 Å². The van der Waals surface area contributed by atoms with Gasteiger partial charge < -0.3 is 14.6 Å². The van der Waals surface area contributed by atoms with Crippen molar-refractivity contribution in [2.45, 2.75) is 26.2 Å². The van der Waals surface area contributed by atoms with Crippen LogP contribution in [0.25, 0.3) is 11.1 Å². The van der Waals surface area contributed by atoms with Crippen LogP contribution < -0.4 is 10.2 Å². The maximum atomic E-state index is 13.9. The lowest BCUT2D eigenvalue weighted by Crippen LogP contribution is -2.30. The first kappa shape index (κ1) is 16.5. The number of amides is 1. The van der Waals surface area contributed by atoms with Crippen molar-refractivity contribution < 1.29 is 13.6 Å². The summed E-state index contributed by atoms with van der Waals surface area (Å²) in [6.45, 7) is 3.47. The standard InChI is InChI=1S/C19H19FN4O2/c1-12-15(18(25)23-14-8-4-3-7-13(14)20)16-17(21-11-22-19(16)26-12)24-9-5-2-6-10-24/h3-4,7-8,11H,2,5-6,9-10H2,1H3,(H,23,25). The number of furan rings is 1. The predicted octanol–water partition coefficient (Wildman–Crippen LogP) is 3.91. The van der Waals surface area contributed by atoms with Gasteiger partial charge in [0, 0.05) is 13.1 Å². The van der Waals surface area contributed by atoms with Crippen LogP contribution in [0.3, 0.4) is 0 Å². The lowest BCUT2D eigenvalue weighted by atomic mass is 10.1. The lowest BCUT2D eigenvalue weighted by molar-refractivity contribution is 0.102. The Bertz CT molecular complexity index is 963. The smallest absolute Gasteiger partial charge is 0.260 e. The van der Waals surface area contributed by atoms with Gasteiger partial charge in [0.05, 0.1) is 16.6 Å². The molecule has 0 unspecified atom stereocenters. The first-order valence-electron chi connectivity index (χ1n) is 8.70. The number of para-hydroxylation sites is 1. The highest BCUT2D eigenvalue weighted by Gasteiger charge is 2.26. The van der Waals surface area contributed by atoms with Crippen molar-refractivity contribution in [3.8, 4) is 0 Å². The highest BCUT2D eigenvalue weighted by atomic mass is 19.1. The van der Waals surface area contributed by atoms with E-state index in [9.17, 15) is 9.18 Å². The number of nitrogens with zero attached hydrogens (tertiary/aromatic N) is 3. The molecule has 7 heteroatoms. The van der Waals surface area contributed by atoms with Gasteiger partial charge in [0.1, 0.15) is 23.7 Å². The SMILES string of the molecule is Cc1oc2ncnc(N3CCCCC3)c2c1C(=O)Nc1ccccc1F. The number of hydrogen-bond donors (Lipinski definition) is 1. The first-order valence-corrected chi connectivity index (χ1v) is 8.70. The van der Waals surface area contributed by atoms with Crippen LogP contribution in [0.1, 0.15) is 35.4 Å². The number of anilines is 2. The zero-order valence-corrected chi connectivity index (χ0v) is 14.5. The van der Waals surface area contributed by atoms with Crippen LogP contribution in [0.4, 0.5) is 15.9 Å². The highest BCUT2D eigenvalue weighted by Crippen LogP contribution is 2.33. The molecule has 3 aromatic rings. The van der Waals surface area contributed by atoms with Crippen molar-refractivity contribution in [2.75, 3.05) is 23.3 Å². The maximum Gasteiger partial charge on any atom is 0.260 e. The van der Waals surface area contributed by atoms with Crippen molar-refractivity contribution >= 4 is 28.5 Å². The average molecular weight is 354 g/mol. The molecule has 0 spiro atoms. The zero-order valence-electron chi connectivity index (χ0n) is 14.5. The molecule has 1 amide bonds. The molecule has 1 aromatic carbocycles. The third kappa shape index (κ3) is 2.89. The fourth-order valence-electron chi connectivity index (χ4n) is 3.40. The minimum atomic E-state index is -0.487. The van der Waals surface area contributed by atoms with E-state index in [1.165, 1.54) is 24.9 Å². The first-order chi connectivity index (χ1) is 12.6. The Morgan fingerprint density at radius 2 is 1.96 bits per heavy atom. The third-order valence-corrected chi connectivity index (χ3v) is 4.65. The Morgan fingerprint density at radius 3 is 2.73 bits per heavy atom. The minimum absolute atomic E-state index is 0.127. The van der Waals surface area contributed by atoms with Crippen LogP contribution in [-0.4, -0.2) is 29.0 Å². The van der Waals surface area contributed by atoms with E-state index >= 15 is 0 Å². The Hall–Kier alpha value is -2.96. The topological polar surface area (TPSA) is 71.3 Å². The van der Waals surface area contributed by atoms with Crippen molar-refractivity contribution in [2.24, 2.45) is 0 Å². The van der Waals surface area contributed by atoms with Gasteiger partial charge in [-0.25, -0.2) is 14.4 Å². The molecule has 1 fully saturated rings. The van der Waals surface area contributed by atoms with Gasteiger partial charge in [-0.1, -0.05) is 12.1 Å². The fraction of sp³-hybridized carbons (Fsp3) is 0.316. The largest absolute Gasteiger partial charge is 0.442 e. The number of carbonyl (C=O) groups is 1. The van der Waals surface area contributed by atoms with E-state index in [1.54, 1.807) is 19.1 Å². The van der Waals surface area contributed by atoms with Gasteiger partial charge >= 0.3 is 0 Å². The number of hydrogen-bond acceptors (Lipinski definition) is 5. The number of nitrogens with one attached hydrogen (secondary N) is 1. The lowest BCUT2D eigenvalue weighted by Gasteiger charge is -2.28. The number of carbonyl (C=O) groups excluding carboxylic acids is 1. The summed E-state index contributed by atoms with van der Waals surface area (Å²) in [6, 6.07) is 6.07. The second-order valence-corrected chi connectivity index (χ2v) is 6.39. The van der Waals surface area contributed by atoms with E-state index in [2.05, 4.69) is 20.2 Å². The molecule has 1 saturated heterocycles. The van der Waals surface area contributed by atoms with Gasteiger partial charge in [-0.15, -0.1) is 0 Å². The average Bonchev–Trinajstić information content (AvgIpc) is 3.00. The Labute approximate surface area is 150 Å². The molecule has 3 heterocycles. The van der Waals surface area contributed by atoms with Crippen molar-refractivity contribution in [1.29, 1.82) is 0 Å². The van der Waals surface area contributed by atoms with E-state index in [-0.39, 0.29) is 5.69 Å². The summed E-state index contributed by atoms with van der Waals surface area (Å²) in [5.74, 6) is 0.219. The molecule has 1 aliphatic rings. The van der Waals surface area contributed by atoms with Crippen molar-refractivity contribution in [3.05, 3.63) is 47.7 Å². The van der Waals surface area contributed by atoms with Crippen LogP contribution in [0.5, 0.6) is 0 Å². The number of fused-ring (bicyclic) bond motifs is 1. The second kappa shape index (κ2) is 6.74. The summed E-state index contributed by atoms with van der Waals surface area (Å²) in [7, 11) is 0. The molecule has 1 aliphatic heterocycles. The Morgan fingerprint density at radius 1 is 1.19 bits per heavy atom. The molecule has 26 heavy (non-hydrogen) atoms. The van der Waals surface area contributed by atoms with E-state index in [1.807, 2.05) is 0 Å². The number of aromatic nitrogens is 2. The summed E-state index contributed by atoms with van der Waals surface area (Å²) in [5, 5.41) is 3.21. The third-order valence-electron chi connectivity index (χ3n) is 4.65. The Kier molecular flexibility index (Phi) is 4.28. The van der Waals surface area contributed by atoms with Crippen LogP contribution >= 0.6 is 0 Å². The molecule has 0 atom stereocenters. The van der Waals surface area contributed by atoms with Gasteiger partial charge in [0.2, 0.25) is 5.71 Å². The summed E-state index contributed by atoms with van der Waals surface area (Å²) in [4.78, 5) is 23.6. The fourth-order valence-corrected chi connectivity index (χ4v) is 3.40. The van der Waals surface area contributed by atoms with Crippen molar-refractivity contribution in [1.82, 2.24) is 9.97 Å². The zero-order chi connectivity index (χ0) is 18.1. The molecule has 1 N–H and O–H groups in total. The van der Waals surface area contributed by atoms with Gasteiger partial charge in [0.25, 0.3) is 5.91 Å². The number of piperidine rings is 1. The maximum absolute atomic E-state index is 13.9. The molecule has 0 aliphatic carbocycles. The highest BCUT2D eigenvalue weighted by molar-refractivity contribution is 6.15. The van der Waals surface area contributed by atoms with Gasteiger partial charge in [-0.05, 0) is 38.3 Å².